The van der Waals surface area contributed by atoms with Gasteiger partial charge in [0.05, 0.1) is 18.1 Å². The number of nitro groups is 1. The molecule has 0 amide bonds. The van der Waals surface area contributed by atoms with E-state index in [0.717, 1.165) is 6.42 Å². The molecule has 29 heavy (non-hydrogen) atoms. The van der Waals surface area contributed by atoms with Gasteiger partial charge < -0.3 is 14.4 Å². The minimum atomic E-state index is -1.77. The van der Waals surface area contributed by atoms with Crippen molar-refractivity contribution < 1.29 is 32.8 Å². The lowest BCUT2D eigenvalue weighted by molar-refractivity contribution is -0.388. The summed E-state index contributed by atoms with van der Waals surface area (Å²) in [7, 11) is 0. The van der Waals surface area contributed by atoms with Crippen LogP contribution in [0.3, 0.4) is 0 Å². The molecule has 2 aliphatic heterocycles. The molecule has 156 valence electrons. The van der Waals surface area contributed by atoms with Gasteiger partial charge in [0, 0.05) is 18.0 Å². The van der Waals surface area contributed by atoms with Crippen LogP contribution in [0.2, 0.25) is 0 Å². The number of hydrogen-bond donors (Lipinski definition) is 0. The van der Waals surface area contributed by atoms with E-state index in [2.05, 4.69) is 0 Å². The molecule has 2 atom stereocenters. The molecule has 3 aliphatic rings. The maximum Gasteiger partial charge on any atom is 0.321 e. The normalized spacial score (nSPS) is 24.3. The summed E-state index contributed by atoms with van der Waals surface area (Å²) >= 11 is 0. The summed E-state index contributed by atoms with van der Waals surface area (Å²) < 4.78 is 39.9. The fraction of sp³-hybridized carbons (Fsp3) is 0.579. The van der Waals surface area contributed by atoms with Gasteiger partial charge in [-0.2, -0.15) is 8.78 Å². The fourth-order valence-corrected chi connectivity index (χ4v) is 4.88. The smallest absolute Gasteiger partial charge is 0.321 e. The Morgan fingerprint density at radius 3 is 2.59 bits per heavy atom. The van der Waals surface area contributed by atoms with E-state index in [9.17, 15) is 28.5 Å². The standard InChI is InChI=1S/C19H20F2N2O6/c1-3-28-18(25)10-9(2)22-15-11(16(10)24)14(23(26)27)12(20)13(21)17(15)29-8-7-19(22)5-4-6-19/h9-10H,3-8H2,1-2H3. The van der Waals surface area contributed by atoms with Gasteiger partial charge >= 0.3 is 11.7 Å². The van der Waals surface area contributed by atoms with E-state index >= 15 is 0 Å². The highest BCUT2D eigenvalue weighted by Crippen LogP contribution is 2.56. The van der Waals surface area contributed by atoms with Gasteiger partial charge in [-0.1, -0.05) is 0 Å². The van der Waals surface area contributed by atoms with Crippen molar-refractivity contribution in [2.75, 3.05) is 18.1 Å². The SMILES string of the molecule is CCOC(=O)C1C(=O)c2c3c(c(F)c(F)c2[N+](=O)[O-])OCCC2(CCC2)N3C1C. The number of halogens is 2. The minimum Gasteiger partial charge on any atom is -0.488 e. The summed E-state index contributed by atoms with van der Waals surface area (Å²) in [5.41, 5.74) is -2.54. The van der Waals surface area contributed by atoms with Crippen molar-refractivity contribution >= 4 is 23.1 Å². The van der Waals surface area contributed by atoms with Crippen molar-refractivity contribution in [2.24, 2.45) is 5.92 Å². The van der Waals surface area contributed by atoms with Crippen LogP contribution in [0.1, 0.15) is 49.9 Å². The number of fused-ring (bicyclic) bond motifs is 1. The molecule has 2 unspecified atom stereocenters. The van der Waals surface area contributed by atoms with Gasteiger partial charge in [0.25, 0.3) is 0 Å². The fourth-order valence-electron chi connectivity index (χ4n) is 4.88. The van der Waals surface area contributed by atoms with E-state index in [-0.39, 0.29) is 18.9 Å². The molecule has 8 nitrogen and oxygen atoms in total. The lowest BCUT2D eigenvalue weighted by atomic mass is 9.69. The first-order chi connectivity index (χ1) is 13.7. The Morgan fingerprint density at radius 1 is 1.34 bits per heavy atom. The topological polar surface area (TPSA) is 99.0 Å². The number of hydrogen-bond acceptors (Lipinski definition) is 7. The second-order valence-electron chi connectivity index (χ2n) is 7.67. The third kappa shape index (κ3) is 2.54. The summed E-state index contributed by atoms with van der Waals surface area (Å²) in [6.07, 6.45) is 2.72. The second kappa shape index (κ2) is 6.64. The van der Waals surface area contributed by atoms with E-state index < -0.39 is 62.8 Å². The number of anilines is 1. The summed E-state index contributed by atoms with van der Waals surface area (Å²) in [6, 6.07) is -0.751. The zero-order valence-corrected chi connectivity index (χ0v) is 16.0. The van der Waals surface area contributed by atoms with Crippen molar-refractivity contribution in [2.45, 2.75) is 51.1 Å². The van der Waals surface area contributed by atoms with Gasteiger partial charge in [0.15, 0.2) is 11.5 Å². The largest absolute Gasteiger partial charge is 0.488 e. The van der Waals surface area contributed by atoms with Crippen molar-refractivity contribution in [3.8, 4) is 5.75 Å². The van der Waals surface area contributed by atoms with E-state index in [1.807, 2.05) is 0 Å². The first-order valence-electron chi connectivity index (χ1n) is 9.57. The van der Waals surface area contributed by atoms with Crippen LogP contribution < -0.4 is 9.64 Å². The zero-order chi connectivity index (χ0) is 21.1. The second-order valence-corrected chi connectivity index (χ2v) is 7.67. The summed E-state index contributed by atoms with van der Waals surface area (Å²) in [5.74, 6) is -6.93. The Hall–Kier alpha value is -2.78. The molecular weight excluding hydrogens is 390 g/mol. The number of esters is 1. The molecule has 4 rings (SSSR count). The molecular formula is C19H20F2N2O6. The number of ketones is 1. The monoisotopic (exact) mass is 410 g/mol. The lowest BCUT2D eigenvalue weighted by Gasteiger charge is -2.55. The average Bonchev–Trinajstić information content (AvgIpc) is 2.81. The van der Waals surface area contributed by atoms with Crippen LogP contribution in [0.5, 0.6) is 5.75 Å². The van der Waals surface area contributed by atoms with E-state index in [0.29, 0.717) is 19.3 Å². The number of carbonyl (C=O) groups is 2. The van der Waals surface area contributed by atoms with Crippen LogP contribution in [0.25, 0.3) is 0 Å². The molecule has 10 heteroatoms. The third-order valence-electron chi connectivity index (χ3n) is 6.28. The van der Waals surface area contributed by atoms with Gasteiger partial charge in [-0.25, -0.2) is 0 Å². The summed E-state index contributed by atoms with van der Waals surface area (Å²) in [6.45, 7) is 3.29. The molecule has 0 saturated heterocycles. The molecule has 0 aromatic heterocycles. The van der Waals surface area contributed by atoms with Gasteiger partial charge in [0.1, 0.15) is 17.2 Å². The highest BCUT2D eigenvalue weighted by Gasteiger charge is 2.57. The molecule has 1 aromatic rings. The maximum atomic E-state index is 14.8. The van der Waals surface area contributed by atoms with Gasteiger partial charge in [-0.15, -0.1) is 0 Å². The molecule has 0 N–H and O–H groups in total. The predicted molar refractivity (Wildman–Crippen MR) is 96.1 cm³/mol. The Kier molecular flexibility index (Phi) is 4.47. The third-order valence-corrected chi connectivity index (χ3v) is 6.28. The lowest BCUT2D eigenvalue weighted by Crippen LogP contribution is -2.63. The molecule has 0 radical (unpaired) electrons. The van der Waals surface area contributed by atoms with Gasteiger partial charge in [-0.3, -0.25) is 19.7 Å². The van der Waals surface area contributed by atoms with Gasteiger partial charge in [-0.05, 0) is 33.1 Å². The number of ether oxygens (including phenoxy) is 2. The molecule has 1 saturated carbocycles. The number of nitrogens with zero attached hydrogens (tertiary/aromatic N) is 2. The Labute approximate surface area is 164 Å². The molecule has 1 spiro atoms. The predicted octanol–water partition coefficient (Wildman–Crippen LogP) is 3.15. The van der Waals surface area contributed by atoms with Crippen molar-refractivity contribution in [3.05, 3.63) is 27.3 Å². The maximum absolute atomic E-state index is 14.8. The quantitative estimate of drug-likeness (QED) is 0.327. The van der Waals surface area contributed by atoms with Crippen LogP contribution in [0.15, 0.2) is 0 Å². The van der Waals surface area contributed by atoms with Crippen LogP contribution in [0, 0.1) is 27.7 Å². The van der Waals surface area contributed by atoms with Crippen LogP contribution in [0.4, 0.5) is 20.2 Å². The van der Waals surface area contributed by atoms with Crippen LogP contribution in [-0.4, -0.2) is 41.5 Å². The number of rotatable bonds is 3. The van der Waals surface area contributed by atoms with Crippen LogP contribution in [-0.2, 0) is 9.53 Å². The average molecular weight is 410 g/mol. The van der Waals surface area contributed by atoms with Crippen molar-refractivity contribution in [3.63, 3.8) is 0 Å². The molecule has 0 bridgehead atoms. The van der Waals surface area contributed by atoms with E-state index in [1.54, 1.807) is 18.7 Å². The molecule has 1 aliphatic carbocycles. The number of benzene rings is 1. The Bertz CT molecular complexity index is 930. The minimum absolute atomic E-state index is 0.0154. The van der Waals surface area contributed by atoms with Crippen molar-refractivity contribution in [1.29, 1.82) is 0 Å². The Balaban J connectivity index is 2.06. The van der Waals surface area contributed by atoms with E-state index in [1.165, 1.54) is 0 Å². The first kappa shape index (κ1) is 19.5. The highest BCUT2D eigenvalue weighted by atomic mass is 19.2. The summed E-state index contributed by atoms with van der Waals surface area (Å²) in [4.78, 5) is 38.0. The van der Waals surface area contributed by atoms with Crippen molar-refractivity contribution in [1.82, 2.24) is 0 Å². The first-order valence-corrected chi connectivity index (χ1v) is 9.57. The highest BCUT2D eigenvalue weighted by molar-refractivity contribution is 6.17. The number of Topliss-reactive ketones (excluding diaryl/α,β-unsaturated/α-hetero) is 1. The molecule has 1 aromatic carbocycles. The zero-order valence-electron chi connectivity index (χ0n) is 16.0. The Morgan fingerprint density at radius 2 is 2.03 bits per heavy atom. The van der Waals surface area contributed by atoms with Gasteiger partial charge in [0.2, 0.25) is 11.6 Å². The molecule has 1 fully saturated rings. The van der Waals surface area contributed by atoms with Crippen LogP contribution >= 0.6 is 0 Å². The number of nitro benzene ring substituents is 1. The summed E-state index contributed by atoms with van der Waals surface area (Å²) in [5, 5.41) is 11.6. The molecule has 2 heterocycles. The van der Waals surface area contributed by atoms with E-state index in [4.69, 9.17) is 9.47 Å². The number of carbonyl (C=O) groups excluding carboxylic acids is 2.